The highest BCUT2D eigenvalue weighted by Crippen LogP contribution is 2.08. The van der Waals surface area contributed by atoms with Gasteiger partial charge in [0.05, 0.1) is 27.3 Å². The van der Waals surface area contributed by atoms with Gasteiger partial charge in [0.1, 0.15) is 23.5 Å². The Morgan fingerprint density at radius 1 is 0.737 bits per heavy atom. The fraction of sp³-hybridized carbons (Fsp3) is 0.583. The van der Waals surface area contributed by atoms with E-state index in [1.807, 2.05) is 27.7 Å². The van der Waals surface area contributed by atoms with E-state index in [4.69, 9.17) is 9.47 Å². The molecule has 1 aliphatic rings. The Morgan fingerprint density at radius 2 is 1.08 bits per heavy atom. The third-order valence-corrected chi connectivity index (χ3v) is 5.06. The minimum Gasteiger partial charge on any atom is -0.464 e. The molecule has 0 bridgehead atoms. The number of hydrogen-bond acceptors (Lipinski definition) is 10. The topological polar surface area (TPSA) is 193 Å². The van der Waals surface area contributed by atoms with Crippen LogP contribution >= 0.6 is 0 Å². The van der Waals surface area contributed by atoms with Crippen molar-refractivity contribution in [1.82, 2.24) is 31.9 Å². The van der Waals surface area contributed by atoms with Crippen molar-refractivity contribution in [3.63, 3.8) is 0 Å². The fourth-order valence-electron chi connectivity index (χ4n) is 3.34. The van der Waals surface area contributed by atoms with Gasteiger partial charge in [-0.3, -0.25) is 19.2 Å². The molecule has 0 aromatic rings. The van der Waals surface area contributed by atoms with E-state index in [9.17, 15) is 28.8 Å². The average Bonchev–Trinajstić information content (AvgIpc) is 2.84. The first-order valence-electron chi connectivity index (χ1n) is 12.1. The van der Waals surface area contributed by atoms with Crippen molar-refractivity contribution in [2.75, 3.05) is 27.3 Å². The van der Waals surface area contributed by atoms with Gasteiger partial charge in [-0.2, -0.15) is 0 Å². The summed E-state index contributed by atoms with van der Waals surface area (Å²) in [5, 5.41) is 15.2. The van der Waals surface area contributed by atoms with Crippen LogP contribution in [0.3, 0.4) is 0 Å². The highest BCUT2D eigenvalue weighted by Gasteiger charge is 2.27. The van der Waals surface area contributed by atoms with Gasteiger partial charge in [-0.15, -0.1) is 0 Å². The molecule has 6 N–H and O–H groups in total. The number of rotatable bonds is 6. The Kier molecular flexibility index (Phi) is 13.4. The number of esters is 2. The van der Waals surface area contributed by atoms with Crippen LogP contribution in [0.1, 0.15) is 40.5 Å². The van der Waals surface area contributed by atoms with Crippen LogP contribution in [0, 0.1) is 11.8 Å². The smallest absolute Gasteiger partial charge is 0.356 e. The summed E-state index contributed by atoms with van der Waals surface area (Å²) in [6, 6.07) is -2.03. The zero-order valence-electron chi connectivity index (χ0n) is 22.6. The molecule has 212 valence electrons. The SMILES string of the molecule is COC(=O)/C1=C/NCC(=O)N[C@@H](CC(C)C)C(=O)N/C(C(=O)OC)=C\NCC(=O)N[C@@H](CC(C)C)C(=O)N1. The van der Waals surface area contributed by atoms with E-state index in [0.717, 1.165) is 26.6 Å². The summed E-state index contributed by atoms with van der Waals surface area (Å²) in [6.07, 6.45) is 2.69. The Balaban J connectivity index is 3.36. The number of ether oxygens (including phenoxy) is 2. The van der Waals surface area contributed by atoms with Crippen molar-refractivity contribution in [2.45, 2.75) is 52.6 Å². The van der Waals surface area contributed by atoms with Crippen LogP contribution in [-0.4, -0.2) is 75.0 Å². The lowest BCUT2D eigenvalue weighted by molar-refractivity contribution is -0.138. The monoisotopic (exact) mass is 538 g/mol. The third-order valence-electron chi connectivity index (χ3n) is 5.06. The molecule has 1 rings (SSSR count). The van der Waals surface area contributed by atoms with E-state index in [-0.39, 0.29) is 49.2 Å². The molecule has 2 atom stereocenters. The molecule has 38 heavy (non-hydrogen) atoms. The molecule has 4 amide bonds. The number of carbonyl (C=O) groups is 6. The first-order chi connectivity index (χ1) is 17.9. The summed E-state index contributed by atoms with van der Waals surface area (Å²) < 4.78 is 9.39. The molecule has 1 heterocycles. The van der Waals surface area contributed by atoms with E-state index in [1.165, 1.54) is 0 Å². The van der Waals surface area contributed by atoms with E-state index >= 15 is 0 Å². The minimum absolute atomic E-state index is 0.00376. The molecule has 0 saturated carbocycles. The molecule has 0 spiro atoms. The van der Waals surface area contributed by atoms with Crippen molar-refractivity contribution in [1.29, 1.82) is 0 Å². The van der Waals surface area contributed by atoms with Gasteiger partial charge in [-0.05, 0) is 24.7 Å². The molecular weight excluding hydrogens is 500 g/mol. The van der Waals surface area contributed by atoms with Crippen LogP contribution < -0.4 is 31.9 Å². The maximum atomic E-state index is 12.9. The van der Waals surface area contributed by atoms with Crippen LogP contribution in [0.2, 0.25) is 0 Å². The lowest BCUT2D eigenvalue weighted by atomic mass is 10.0. The molecule has 0 saturated heterocycles. The number of methoxy groups -OCH3 is 2. The predicted molar refractivity (Wildman–Crippen MR) is 135 cm³/mol. The normalized spacial score (nSPS) is 22.9. The zero-order valence-corrected chi connectivity index (χ0v) is 22.6. The summed E-state index contributed by atoms with van der Waals surface area (Å²) in [5.74, 6) is -4.29. The maximum absolute atomic E-state index is 12.9. The van der Waals surface area contributed by atoms with Gasteiger partial charge in [-0.25, -0.2) is 9.59 Å². The fourth-order valence-corrected chi connectivity index (χ4v) is 3.34. The molecule has 14 heteroatoms. The van der Waals surface area contributed by atoms with Gasteiger partial charge in [-0.1, -0.05) is 27.7 Å². The molecule has 1 aliphatic heterocycles. The number of carbonyl (C=O) groups excluding carboxylic acids is 6. The van der Waals surface area contributed by atoms with Crippen LogP contribution in [0.15, 0.2) is 23.8 Å². The summed E-state index contributed by atoms with van der Waals surface area (Å²) in [4.78, 5) is 75.3. The molecule has 0 aliphatic carbocycles. The largest absolute Gasteiger partial charge is 0.464 e. The summed E-state index contributed by atoms with van der Waals surface area (Å²) >= 11 is 0. The van der Waals surface area contributed by atoms with Crippen LogP contribution in [0.4, 0.5) is 0 Å². The number of hydrogen-bond donors (Lipinski definition) is 6. The third kappa shape index (κ3) is 11.3. The van der Waals surface area contributed by atoms with Gasteiger partial charge in [0.2, 0.25) is 23.6 Å². The summed E-state index contributed by atoms with van der Waals surface area (Å²) in [5.41, 5.74) is -0.565. The predicted octanol–water partition coefficient (Wildman–Crippen LogP) is -1.50. The minimum atomic E-state index is -1.01. The first kappa shape index (κ1) is 31.9. The summed E-state index contributed by atoms with van der Waals surface area (Å²) in [7, 11) is 2.25. The van der Waals surface area contributed by atoms with Crippen LogP contribution in [-0.2, 0) is 38.2 Å². The molecular formula is C24H38N6O8. The molecule has 0 fully saturated rings. The number of nitrogens with one attached hydrogen (secondary N) is 6. The van der Waals surface area contributed by atoms with E-state index < -0.39 is 47.7 Å². The van der Waals surface area contributed by atoms with Gasteiger partial charge < -0.3 is 41.4 Å². The summed E-state index contributed by atoms with van der Waals surface area (Å²) in [6.45, 7) is 6.68. The molecule has 0 radical (unpaired) electrons. The van der Waals surface area contributed by atoms with Crippen molar-refractivity contribution < 1.29 is 38.2 Å². The van der Waals surface area contributed by atoms with E-state index in [0.29, 0.717) is 0 Å². The van der Waals surface area contributed by atoms with Crippen molar-refractivity contribution in [2.24, 2.45) is 11.8 Å². The van der Waals surface area contributed by atoms with Crippen LogP contribution in [0.5, 0.6) is 0 Å². The Hall–Kier alpha value is -4.10. The lowest BCUT2D eigenvalue weighted by Crippen LogP contribution is -2.51. The highest BCUT2D eigenvalue weighted by molar-refractivity contribution is 5.98. The molecule has 14 nitrogen and oxygen atoms in total. The van der Waals surface area contributed by atoms with Crippen molar-refractivity contribution in [3.05, 3.63) is 23.8 Å². The molecule has 0 aromatic heterocycles. The van der Waals surface area contributed by atoms with Crippen molar-refractivity contribution >= 4 is 35.6 Å². The van der Waals surface area contributed by atoms with Crippen molar-refractivity contribution in [3.8, 4) is 0 Å². The quantitative estimate of drug-likeness (QED) is 0.217. The second-order valence-electron chi connectivity index (χ2n) is 9.34. The van der Waals surface area contributed by atoms with E-state index in [2.05, 4.69) is 31.9 Å². The average molecular weight is 539 g/mol. The first-order valence-corrected chi connectivity index (χ1v) is 12.1. The van der Waals surface area contributed by atoms with Gasteiger partial charge in [0.15, 0.2) is 0 Å². The van der Waals surface area contributed by atoms with Gasteiger partial charge in [0.25, 0.3) is 0 Å². The van der Waals surface area contributed by atoms with E-state index in [1.54, 1.807) is 0 Å². The Labute approximate surface area is 221 Å². The van der Waals surface area contributed by atoms with Gasteiger partial charge in [0, 0.05) is 12.4 Å². The second kappa shape index (κ2) is 15.9. The van der Waals surface area contributed by atoms with Gasteiger partial charge >= 0.3 is 11.9 Å². The lowest BCUT2D eigenvalue weighted by Gasteiger charge is -2.22. The van der Waals surface area contributed by atoms with Crippen LogP contribution in [0.25, 0.3) is 0 Å². The highest BCUT2D eigenvalue weighted by atomic mass is 16.5. The Morgan fingerprint density at radius 3 is 1.37 bits per heavy atom. The maximum Gasteiger partial charge on any atom is 0.356 e. The number of amides is 4. The Bertz CT molecular complexity index is 884. The molecule has 0 unspecified atom stereocenters. The second-order valence-corrected chi connectivity index (χ2v) is 9.34. The zero-order chi connectivity index (χ0) is 28.8. The standard InChI is InChI=1S/C24H38N6O8/c1-13(2)7-15-21(33)29-17(23(35)37-5)9-26-12-20(32)28-16(8-14(3)4)22(34)30-18(24(36)38-6)10-25-11-19(31)27-15/h9-10,13-16,25-26H,7-8,11-12H2,1-6H3,(H,27,31)(H,28,32)(H,29,33)(H,30,34)/b17-9-,18-10-/t15-,16-/m0/s1. The molecule has 0 aromatic carbocycles.